The minimum Gasteiger partial charge on any atom is -0.378 e. The Bertz CT molecular complexity index is 1020. The predicted octanol–water partition coefficient (Wildman–Crippen LogP) is 1.80. The molecule has 3 aliphatic heterocycles. The van der Waals surface area contributed by atoms with E-state index in [0.717, 1.165) is 76.5 Å². The first-order chi connectivity index (χ1) is 14.8. The number of anilines is 1. The van der Waals surface area contributed by atoms with Gasteiger partial charge in [0, 0.05) is 56.2 Å². The fraction of sp³-hybridized carbons (Fsp3) is 0.500. The smallest absolute Gasteiger partial charge is 0.132 e. The van der Waals surface area contributed by atoms with E-state index in [9.17, 15) is 0 Å². The number of aliphatic imine (C=N–C) groups is 1. The second-order valence-corrected chi connectivity index (χ2v) is 8.47. The molecule has 1 aromatic heterocycles. The van der Waals surface area contributed by atoms with Crippen molar-refractivity contribution >= 4 is 17.6 Å². The topological polar surface area (TPSA) is 65.0 Å². The highest BCUT2D eigenvalue weighted by molar-refractivity contribution is 5.82. The largest absolute Gasteiger partial charge is 0.378 e. The standard InChI is InChI=1S/C24H31N5O/c1-3-18(14-21(4-1)29-9-11-30-12-10-29)15-26-23-7-6-19(16-27-23)13-20-17-28-24-22(20)5-2-8-25-24/h1,3-5,14,17,19H,2,6-13,15-16H2,(H,25,28)(H,26,27). The van der Waals surface area contributed by atoms with Crippen LogP contribution in [-0.4, -0.2) is 50.2 Å². The van der Waals surface area contributed by atoms with E-state index >= 15 is 0 Å². The Hall–Kier alpha value is -2.60. The van der Waals surface area contributed by atoms with Gasteiger partial charge in [-0.05, 0) is 48.4 Å². The molecule has 0 amide bonds. The Morgan fingerprint density at radius 3 is 3.00 bits per heavy atom. The molecule has 30 heavy (non-hydrogen) atoms. The number of aromatic nitrogens is 1. The monoisotopic (exact) mass is 405 g/mol. The SMILES string of the molecule is C1=c2c(CC3CCC(NCc4cccc(N5CCOCC5)c4)=NC3)c[nH]c2=NCC1. The van der Waals surface area contributed by atoms with Gasteiger partial charge in [0.25, 0.3) is 0 Å². The lowest BCUT2D eigenvalue weighted by atomic mass is 9.93. The molecule has 4 heterocycles. The molecule has 1 unspecified atom stereocenters. The van der Waals surface area contributed by atoms with E-state index in [1.165, 1.54) is 28.5 Å². The Kier molecular flexibility index (Phi) is 5.84. The molecule has 0 aliphatic carbocycles. The molecule has 2 aromatic rings. The summed E-state index contributed by atoms with van der Waals surface area (Å²) in [7, 11) is 0. The number of morpholine rings is 1. The lowest BCUT2D eigenvalue weighted by molar-refractivity contribution is 0.122. The van der Waals surface area contributed by atoms with E-state index in [2.05, 4.69) is 56.7 Å². The summed E-state index contributed by atoms with van der Waals surface area (Å²) in [5, 5.41) is 4.90. The minimum atomic E-state index is 0.621. The second-order valence-electron chi connectivity index (χ2n) is 8.47. The number of hydrogen-bond acceptors (Lipinski definition) is 5. The average molecular weight is 406 g/mol. The third kappa shape index (κ3) is 4.43. The van der Waals surface area contributed by atoms with Gasteiger partial charge < -0.3 is 19.9 Å². The van der Waals surface area contributed by atoms with Gasteiger partial charge in [0.2, 0.25) is 0 Å². The number of amidine groups is 1. The van der Waals surface area contributed by atoms with Gasteiger partial charge in [-0.15, -0.1) is 0 Å². The van der Waals surface area contributed by atoms with Crippen LogP contribution in [0.15, 0.2) is 40.4 Å². The zero-order chi connectivity index (χ0) is 20.2. The Balaban J connectivity index is 1.15. The number of nitrogens with one attached hydrogen (secondary N) is 2. The summed E-state index contributed by atoms with van der Waals surface area (Å²) in [5.74, 6) is 1.77. The van der Waals surface area contributed by atoms with Crippen molar-refractivity contribution in [2.75, 3.05) is 44.3 Å². The number of aromatic amines is 1. The van der Waals surface area contributed by atoms with E-state index in [0.29, 0.717) is 5.92 Å². The van der Waals surface area contributed by atoms with Crippen LogP contribution in [0.2, 0.25) is 0 Å². The van der Waals surface area contributed by atoms with Crippen LogP contribution in [0.5, 0.6) is 0 Å². The highest BCUT2D eigenvalue weighted by Gasteiger charge is 2.18. The van der Waals surface area contributed by atoms with Crippen LogP contribution >= 0.6 is 0 Å². The van der Waals surface area contributed by atoms with E-state index in [-0.39, 0.29) is 0 Å². The predicted molar refractivity (Wildman–Crippen MR) is 121 cm³/mol. The molecule has 1 fully saturated rings. The first-order valence-electron chi connectivity index (χ1n) is 11.2. The lowest BCUT2D eigenvalue weighted by Crippen LogP contribution is -2.36. The van der Waals surface area contributed by atoms with Crippen molar-refractivity contribution in [2.24, 2.45) is 15.9 Å². The molecule has 1 saturated heterocycles. The van der Waals surface area contributed by atoms with Gasteiger partial charge in [-0.2, -0.15) is 0 Å². The average Bonchev–Trinajstić information content (AvgIpc) is 3.22. The van der Waals surface area contributed by atoms with Crippen LogP contribution in [0.25, 0.3) is 6.08 Å². The van der Waals surface area contributed by atoms with Crippen LogP contribution in [0.1, 0.15) is 30.4 Å². The molecule has 6 nitrogen and oxygen atoms in total. The van der Waals surface area contributed by atoms with Crippen LogP contribution in [-0.2, 0) is 17.7 Å². The van der Waals surface area contributed by atoms with E-state index in [1.807, 2.05) is 0 Å². The van der Waals surface area contributed by atoms with Gasteiger partial charge in [-0.25, -0.2) is 0 Å². The molecule has 1 atom stereocenters. The summed E-state index contributed by atoms with van der Waals surface area (Å²) >= 11 is 0. The first kappa shape index (κ1) is 19.4. The lowest BCUT2D eigenvalue weighted by Gasteiger charge is -2.29. The van der Waals surface area contributed by atoms with Crippen molar-refractivity contribution in [3.8, 4) is 0 Å². The minimum absolute atomic E-state index is 0.621. The maximum atomic E-state index is 5.47. The molecule has 0 bridgehead atoms. The highest BCUT2D eigenvalue weighted by atomic mass is 16.5. The number of rotatable bonds is 5. The summed E-state index contributed by atoms with van der Waals surface area (Å²) in [6.07, 6.45) is 8.86. The van der Waals surface area contributed by atoms with Gasteiger partial charge in [0.1, 0.15) is 5.49 Å². The molecule has 0 spiro atoms. The van der Waals surface area contributed by atoms with Gasteiger partial charge in [0.05, 0.1) is 19.0 Å². The van der Waals surface area contributed by atoms with Crippen LogP contribution < -0.4 is 20.9 Å². The summed E-state index contributed by atoms with van der Waals surface area (Å²) in [6.45, 7) is 6.24. The molecular weight excluding hydrogens is 374 g/mol. The molecule has 1 aromatic carbocycles. The van der Waals surface area contributed by atoms with Crippen LogP contribution in [0.3, 0.4) is 0 Å². The maximum absolute atomic E-state index is 5.47. The Morgan fingerprint density at radius 1 is 1.20 bits per heavy atom. The van der Waals surface area contributed by atoms with Gasteiger partial charge in [0.15, 0.2) is 0 Å². The van der Waals surface area contributed by atoms with E-state index in [1.54, 1.807) is 0 Å². The van der Waals surface area contributed by atoms with Crippen molar-refractivity contribution < 1.29 is 4.74 Å². The molecular formula is C24H31N5O. The summed E-state index contributed by atoms with van der Waals surface area (Å²) in [6, 6.07) is 8.84. The van der Waals surface area contributed by atoms with Crippen LogP contribution in [0, 0.1) is 5.92 Å². The molecule has 0 saturated carbocycles. The zero-order valence-corrected chi connectivity index (χ0v) is 17.6. The quantitative estimate of drug-likeness (QED) is 0.797. The summed E-state index contributed by atoms with van der Waals surface area (Å²) in [4.78, 5) is 15.2. The molecule has 6 heteroatoms. The van der Waals surface area contributed by atoms with Crippen molar-refractivity contribution in [1.82, 2.24) is 10.3 Å². The summed E-state index contributed by atoms with van der Waals surface area (Å²) in [5.41, 5.74) is 5.07. The normalized spacial score (nSPS) is 21.3. The molecule has 158 valence electrons. The number of nitrogens with zero attached hydrogens (tertiary/aromatic N) is 3. The Morgan fingerprint density at radius 2 is 2.13 bits per heavy atom. The van der Waals surface area contributed by atoms with Crippen LogP contribution in [0.4, 0.5) is 5.69 Å². The highest BCUT2D eigenvalue weighted by Crippen LogP contribution is 2.19. The molecule has 0 radical (unpaired) electrons. The maximum Gasteiger partial charge on any atom is 0.132 e. The number of fused-ring (bicyclic) bond motifs is 1. The Labute approximate surface area is 177 Å². The summed E-state index contributed by atoms with van der Waals surface area (Å²) < 4.78 is 5.47. The van der Waals surface area contributed by atoms with Crippen molar-refractivity contribution in [2.45, 2.75) is 32.2 Å². The van der Waals surface area contributed by atoms with Gasteiger partial charge in [-0.1, -0.05) is 18.2 Å². The van der Waals surface area contributed by atoms with Gasteiger partial charge >= 0.3 is 0 Å². The van der Waals surface area contributed by atoms with E-state index in [4.69, 9.17) is 9.73 Å². The number of ether oxygens (including phenoxy) is 1. The zero-order valence-electron chi connectivity index (χ0n) is 17.6. The molecule has 5 rings (SSSR count). The fourth-order valence-corrected chi connectivity index (χ4v) is 4.64. The van der Waals surface area contributed by atoms with Crippen molar-refractivity contribution in [1.29, 1.82) is 0 Å². The van der Waals surface area contributed by atoms with Crippen molar-refractivity contribution in [3.63, 3.8) is 0 Å². The fourth-order valence-electron chi connectivity index (χ4n) is 4.64. The van der Waals surface area contributed by atoms with Crippen molar-refractivity contribution in [3.05, 3.63) is 52.3 Å². The number of hydrogen-bond donors (Lipinski definition) is 2. The molecule has 3 aliphatic rings. The number of H-pyrrole nitrogens is 1. The number of benzene rings is 1. The third-order valence-corrected chi connectivity index (χ3v) is 6.35. The van der Waals surface area contributed by atoms with E-state index < -0.39 is 0 Å². The first-order valence-corrected chi connectivity index (χ1v) is 11.2. The molecule has 2 N–H and O–H groups in total. The third-order valence-electron chi connectivity index (χ3n) is 6.35. The van der Waals surface area contributed by atoms with Gasteiger partial charge in [-0.3, -0.25) is 9.98 Å². The second kappa shape index (κ2) is 9.04.